The van der Waals surface area contributed by atoms with E-state index in [9.17, 15) is 18.3 Å². The fraction of sp³-hybridized carbons (Fsp3) is 0.556. The zero-order valence-corrected chi connectivity index (χ0v) is 16.4. The van der Waals surface area contributed by atoms with Crippen molar-refractivity contribution in [3.8, 4) is 5.75 Å². The molecule has 1 aromatic rings. The molecular formula is C18H26F3N3O3. The lowest BCUT2D eigenvalue weighted by atomic mass is 9.91. The van der Waals surface area contributed by atoms with E-state index in [0.717, 1.165) is 6.54 Å². The first kappa shape index (κ1) is 22.8. The van der Waals surface area contributed by atoms with Crippen molar-refractivity contribution in [3.05, 3.63) is 23.3 Å². The van der Waals surface area contributed by atoms with Gasteiger partial charge in [0.15, 0.2) is 6.61 Å². The molecule has 0 bridgehead atoms. The van der Waals surface area contributed by atoms with Gasteiger partial charge in [-0.2, -0.15) is 13.2 Å². The molecule has 0 heterocycles. The van der Waals surface area contributed by atoms with E-state index >= 15 is 0 Å². The van der Waals surface area contributed by atoms with Gasteiger partial charge in [0.05, 0.1) is 24.8 Å². The van der Waals surface area contributed by atoms with Gasteiger partial charge in [0, 0.05) is 25.2 Å². The van der Waals surface area contributed by atoms with Gasteiger partial charge in [0.25, 0.3) is 0 Å². The summed E-state index contributed by atoms with van der Waals surface area (Å²) in [6, 6.07) is 2.56. The standard InChI is InChI=1S/C18H26F3N3O3/c1-7-24(5)11-22-15-9-16(26-6)14(8-13(15)4)17(25,18(19,20)21)10-27-23-12(2)3/h8-9,11,25H,7,10H2,1-6H3/b22-11+. The van der Waals surface area contributed by atoms with Crippen LogP contribution in [0.15, 0.2) is 22.3 Å². The molecule has 0 fully saturated rings. The molecule has 0 aromatic heterocycles. The average molecular weight is 389 g/mol. The molecule has 0 saturated heterocycles. The van der Waals surface area contributed by atoms with E-state index in [4.69, 9.17) is 9.57 Å². The molecule has 1 atom stereocenters. The fourth-order valence-electron chi connectivity index (χ4n) is 2.12. The number of oxime groups is 1. The van der Waals surface area contributed by atoms with Crippen LogP contribution in [0, 0.1) is 6.92 Å². The van der Waals surface area contributed by atoms with Gasteiger partial charge in [0.1, 0.15) is 5.75 Å². The van der Waals surface area contributed by atoms with Gasteiger partial charge in [0.2, 0.25) is 5.60 Å². The van der Waals surface area contributed by atoms with Crippen molar-refractivity contribution in [2.24, 2.45) is 10.1 Å². The molecule has 1 aromatic carbocycles. The van der Waals surface area contributed by atoms with Gasteiger partial charge in [-0.1, -0.05) is 5.16 Å². The highest BCUT2D eigenvalue weighted by molar-refractivity contribution is 5.78. The predicted octanol–water partition coefficient (Wildman–Crippen LogP) is 3.78. The first-order valence-electron chi connectivity index (χ1n) is 8.32. The molecule has 27 heavy (non-hydrogen) atoms. The Morgan fingerprint density at radius 1 is 1.30 bits per heavy atom. The van der Waals surface area contributed by atoms with Crippen LogP contribution in [0.5, 0.6) is 5.75 Å². The Labute approximate surface area is 157 Å². The van der Waals surface area contributed by atoms with Crippen LogP contribution >= 0.6 is 0 Å². The second-order valence-electron chi connectivity index (χ2n) is 6.33. The number of benzene rings is 1. The number of methoxy groups -OCH3 is 1. The van der Waals surface area contributed by atoms with E-state index < -0.39 is 23.9 Å². The number of ether oxygens (including phenoxy) is 1. The quantitative estimate of drug-likeness (QED) is 0.417. The number of hydrogen-bond donors (Lipinski definition) is 1. The molecule has 0 radical (unpaired) electrons. The Morgan fingerprint density at radius 2 is 1.93 bits per heavy atom. The van der Waals surface area contributed by atoms with Crippen molar-refractivity contribution in [3.63, 3.8) is 0 Å². The molecule has 0 aliphatic carbocycles. The van der Waals surface area contributed by atoms with Gasteiger partial charge in [-0.25, -0.2) is 4.99 Å². The number of nitrogens with zero attached hydrogens (tertiary/aromatic N) is 3. The van der Waals surface area contributed by atoms with Crippen molar-refractivity contribution in [2.45, 2.75) is 39.5 Å². The average Bonchev–Trinajstić information content (AvgIpc) is 2.58. The summed E-state index contributed by atoms with van der Waals surface area (Å²) >= 11 is 0. The Bertz CT molecular complexity index is 701. The van der Waals surface area contributed by atoms with Gasteiger partial charge >= 0.3 is 6.18 Å². The number of aliphatic imine (C=N–C) groups is 1. The number of rotatable bonds is 8. The summed E-state index contributed by atoms with van der Waals surface area (Å²) in [5.41, 5.74) is -2.44. The Balaban J connectivity index is 3.44. The first-order valence-corrected chi connectivity index (χ1v) is 8.32. The molecule has 0 aliphatic rings. The lowest BCUT2D eigenvalue weighted by molar-refractivity contribution is -0.282. The zero-order valence-electron chi connectivity index (χ0n) is 16.4. The van der Waals surface area contributed by atoms with E-state index in [1.165, 1.54) is 19.2 Å². The van der Waals surface area contributed by atoms with Crippen molar-refractivity contribution in [1.29, 1.82) is 0 Å². The lowest BCUT2D eigenvalue weighted by Crippen LogP contribution is -2.46. The van der Waals surface area contributed by atoms with Gasteiger partial charge in [-0.05, 0) is 39.3 Å². The smallest absolute Gasteiger partial charge is 0.425 e. The minimum atomic E-state index is -5.00. The Hall–Kier alpha value is -2.29. The largest absolute Gasteiger partial charge is 0.496 e. The maximum absolute atomic E-state index is 13.7. The number of halogens is 3. The number of aliphatic hydroxyl groups is 1. The van der Waals surface area contributed by atoms with Crippen LogP contribution in [0.2, 0.25) is 0 Å². The minimum absolute atomic E-state index is 0.146. The minimum Gasteiger partial charge on any atom is -0.496 e. The van der Waals surface area contributed by atoms with Crippen LogP contribution in [0.3, 0.4) is 0 Å². The van der Waals surface area contributed by atoms with Crippen molar-refractivity contribution in [2.75, 3.05) is 27.3 Å². The summed E-state index contributed by atoms with van der Waals surface area (Å²) in [5.74, 6) is -0.146. The molecule has 1 rings (SSSR count). The van der Waals surface area contributed by atoms with Crippen LogP contribution in [0.4, 0.5) is 18.9 Å². The third-order valence-corrected chi connectivity index (χ3v) is 3.85. The fourth-order valence-corrected chi connectivity index (χ4v) is 2.12. The van der Waals surface area contributed by atoms with Crippen LogP contribution in [-0.4, -0.2) is 55.5 Å². The summed E-state index contributed by atoms with van der Waals surface area (Å²) in [4.78, 5) is 10.8. The monoisotopic (exact) mass is 389 g/mol. The molecule has 0 amide bonds. The molecule has 1 unspecified atom stereocenters. The van der Waals surface area contributed by atoms with E-state index in [1.54, 1.807) is 27.1 Å². The third-order valence-electron chi connectivity index (χ3n) is 3.85. The van der Waals surface area contributed by atoms with E-state index in [-0.39, 0.29) is 5.75 Å². The molecule has 1 N–H and O–H groups in total. The normalized spacial score (nSPS) is 14.0. The molecule has 0 spiro atoms. The highest BCUT2D eigenvalue weighted by Crippen LogP contribution is 2.45. The molecule has 0 aliphatic heterocycles. The number of aryl methyl sites for hydroxylation is 1. The molecule has 152 valence electrons. The summed E-state index contributed by atoms with van der Waals surface area (Å²) in [6.07, 6.45) is -3.43. The highest BCUT2D eigenvalue weighted by atomic mass is 19.4. The van der Waals surface area contributed by atoms with Crippen molar-refractivity contribution >= 4 is 17.7 Å². The zero-order chi connectivity index (χ0) is 20.8. The third kappa shape index (κ3) is 5.59. The summed E-state index contributed by atoms with van der Waals surface area (Å²) in [5, 5.41) is 14.0. The van der Waals surface area contributed by atoms with Gasteiger partial charge in [-0.15, -0.1) is 0 Å². The van der Waals surface area contributed by atoms with Crippen molar-refractivity contribution in [1.82, 2.24) is 4.90 Å². The summed E-state index contributed by atoms with van der Waals surface area (Å²) in [7, 11) is 3.05. The second-order valence-corrected chi connectivity index (χ2v) is 6.33. The van der Waals surface area contributed by atoms with E-state index in [1.807, 2.05) is 18.9 Å². The lowest BCUT2D eigenvalue weighted by Gasteiger charge is -2.31. The highest BCUT2D eigenvalue weighted by Gasteiger charge is 2.57. The van der Waals surface area contributed by atoms with E-state index in [2.05, 4.69) is 10.1 Å². The summed E-state index contributed by atoms with van der Waals surface area (Å²) < 4.78 is 46.2. The molecule has 9 heteroatoms. The van der Waals surface area contributed by atoms with Crippen molar-refractivity contribution < 1.29 is 27.9 Å². The van der Waals surface area contributed by atoms with E-state index in [0.29, 0.717) is 17.0 Å². The number of hydrogen-bond acceptors (Lipinski definition) is 5. The Morgan fingerprint density at radius 3 is 2.41 bits per heavy atom. The number of alkyl halides is 3. The molecule has 0 saturated carbocycles. The Kier molecular flexibility index (Phi) is 7.65. The van der Waals surface area contributed by atoms with Crippen LogP contribution < -0.4 is 4.74 Å². The molecular weight excluding hydrogens is 363 g/mol. The summed E-state index contributed by atoms with van der Waals surface area (Å²) in [6.45, 7) is 6.30. The second kappa shape index (κ2) is 9.07. The van der Waals surface area contributed by atoms with Crippen LogP contribution in [-0.2, 0) is 10.4 Å². The SMILES string of the molecule is CCN(C)/C=N/c1cc(OC)c(C(O)(CON=C(C)C)C(F)(F)F)cc1C. The maximum atomic E-state index is 13.7. The van der Waals surface area contributed by atoms with Crippen LogP contribution in [0.1, 0.15) is 31.9 Å². The topological polar surface area (TPSA) is 66.7 Å². The predicted molar refractivity (Wildman–Crippen MR) is 98.9 cm³/mol. The maximum Gasteiger partial charge on any atom is 0.425 e. The molecule has 6 nitrogen and oxygen atoms in total. The first-order chi connectivity index (χ1) is 12.5. The van der Waals surface area contributed by atoms with Gasteiger partial charge < -0.3 is 19.6 Å². The van der Waals surface area contributed by atoms with Crippen LogP contribution in [0.25, 0.3) is 0 Å². The van der Waals surface area contributed by atoms with Gasteiger partial charge in [-0.3, -0.25) is 0 Å².